The lowest BCUT2D eigenvalue weighted by Gasteiger charge is -2.34. The topological polar surface area (TPSA) is 73.1 Å². The van der Waals surface area contributed by atoms with Crippen LogP contribution in [0.1, 0.15) is 48.2 Å². The number of carbonyl (C=O) groups excluding carboxylic acids is 1. The monoisotopic (exact) mass is 459 g/mol. The molecule has 1 aliphatic rings. The van der Waals surface area contributed by atoms with Gasteiger partial charge in [0.25, 0.3) is 0 Å². The van der Waals surface area contributed by atoms with Crippen molar-refractivity contribution in [2.75, 3.05) is 29.9 Å². The number of rotatable bonds is 10. The highest BCUT2D eigenvalue weighted by atomic mass is 16.1. The molecule has 1 aliphatic heterocycles. The zero-order valence-electron chi connectivity index (χ0n) is 20.4. The molecule has 1 saturated heterocycles. The van der Waals surface area contributed by atoms with Gasteiger partial charge < -0.3 is 15.5 Å². The largest absolute Gasteiger partial charge is 0.371 e. The summed E-state index contributed by atoms with van der Waals surface area (Å²) >= 11 is 0. The Labute approximate surface area is 203 Å². The van der Waals surface area contributed by atoms with E-state index in [4.69, 9.17) is 0 Å². The van der Waals surface area contributed by atoms with Crippen molar-refractivity contribution in [3.8, 4) is 0 Å². The van der Waals surface area contributed by atoms with E-state index in [-0.39, 0.29) is 5.91 Å². The number of carbonyl (C=O) groups is 1. The Hall–Kier alpha value is -3.12. The number of nitrogens with one attached hydrogen (secondary N) is 3. The van der Waals surface area contributed by atoms with Gasteiger partial charge in [-0.1, -0.05) is 36.4 Å². The van der Waals surface area contributed by atoms with E-state index in [0.29, 0.717) is 12.5 Å². The Morgan fingerprint density at radius 2 is 1.85 bits per heavy atom. The lowest BCUT2D eigenvalue weighted by molar-refractivity contribution is -0.116. The van der Waals surface area contributed by atoms with Crippen molar-refractivity contribution in [2.24, 2.45) is 0 Å². The molecule has 6 nitrogen and oxygen atoms in total. The summed E-state index contributed by atoms with van der Waals surface area (Å²) in [6.45, 7) is 7.19. The van der Waals surface area contributed by atoms with Crippen molar-refractivity contribution in [1.29, 1.82) is 0 Å². The summed E-state index contributed by atoms with van der Waals surface area (Å²) in [4.78, 5) is 14.8. The molecule has 3 N–H and O–H groups in total. The van der Waals surface area contributed by atoms with Crippen molar-refractivity contribution in [3.63, 3.8) is 0 Å². The molecule has 0 aliphatic carbocycles. The first-order chi connectivity index (χ1) is 16.6. The second-order valence-electron chi connectivity index (χ2n) is 9.32. The van der Waals surface area contributed by atoms with Gasteiger partial charge in [-0.15, -0.1) is 0 Å². The average Bonchev–Trinajstić information content (AvgIpc) is 3.17. The molecular formula is C28H37N5O. The Kier molecular flexibility index (Phi) is 8.36. The molecule has 4 rings (SSSR count). The van der Waals surface area contributed by atoms with Crippen LogP contribution in [-0.4, -0.2) is 41.8 Å². The van der Waals surface area contributed by atoms with Crippen LogP contribution in [0.2, 0.25) is 0 Å². The highest BCUT2D eigenvalue weighted by molar-refractivity contribution is 5.91. The fraction of sp³-hybridized carbons (Fsp3) is 0.429. The Balaban J connectivity index is 1.19. The zero-order valence-corrected chi connectivity index (χ0v) is 20.4. The van der Waals surface area contributed by atoms with E-state index in [2.05, 4.69) is 63.8 Å². The smallest absolute Gasteiger partial charge is 0.224 e. The van der Waals surface area contributed by atoms with Crippen molar-refractivity contribution in [1.82, 2.24) is 15.5 Å². The third kappa shape index (κ3) is 6.70. The minimum atomic E-state index is 0.0825. The number of nitrogens with zero attached hydrogens (tertiary/aromatic N) is 2. The molecule has 1 aromatic heterocycles. The molecule has 0 radical (unpaired) electrons. The van der Waals surface area contributed by atoms with Crippen LogP contribution in [0.3, 0.4) is 0 Å². The van der Waals surface area contributed by atoms with E-state index >= 15 is 0 Å². The number of aromatic amines is 1. The molecule has 6 heteroatoms. The second kappa shape index (κ2) is 11.8. The molecule has 0 unspecified atom stereocenters. The number of benzene rings is 2. The number of H-pyrrole nitrogens is 1. The standard InChI is InChI=1S/C28H37N5O/c1-21-27(22(2)32-31-21)14-17-29-24-15-18-33(19-16-24)26-12-7-11-25(20-26)30-28(34)13-6-10-23-8-4-3-5-9-23/h3-5,7-9,11-12,20,24,29H,6,10,13-19H2,1-2H3,(H,30,34)(H,31,32). The minimum Gasteiger partial charge on any atom is -0.371 e. The summed E-state index contributed by atoms with van der Waals surface area (Å²) in [5.41, 5.74) is 6.97. The molecule has 0 saturated carbocycles. The first-order valence-corrected chi connectivity index (χ1v) is 12.5. The molecular weight excluding hydrogens is 422 g/mol. The quantitative estimate of drug-likeness (QED) is 0.408. The maximum absolute atomic E-state index is 12.4. The molecule has 0 bridgehead atoms. The third-order valence-electron chi connectivity index (χ3n) is 6.79. The van der Waals surface area contributed by atoms with Gasteiger partial charge in [-0.3, -0.25) is 9.89 Å². The number of amides is 1. The second-order valence-corrected chi connectivity index (χ2v) is 9.32. The number of hydrogen-bond donors (Lipinski definition) is 3. The summed E-state index contributed by atoms with van der Waals surface area (Å²) in [5.74, 6) is 0.0825. The third-order valence-corrected chi connectivity index (χ3v) is 6.79. The van der Waals surface area contributed by atoms with Crippen LogP contribution in [0.5, 0.6) is 0 Å². The van der Waals surface area contributed by atoms with E-state index in [9.17, 15) is 4.79 Å². The minimum absolute atomic E-state index is 0.0825. The van der Waals surface area contributed by atoms with Crippen LogP contribution in [0.15, 0.2) is 54.6 Å². The molecule has 2 aromatic carbocycles. The molecule has 34 heavy (non-hydrogen) atoms. The number of piperidine rings is 1. The van der Waals surface area contributed by atoms with E-state index in [1.807, 2.05) is 30.3 Å². The first kappa shape index (κ1) is 24.0. The van der Waals surface area contributed by atoms with Crippen LogP contribution in [-0.2, 0) is 17.6 Å². The van der Waals surface area contributed by atoms with Gasteiger partial charge in [-0.2, -0.15) is 5.10 Å². The molecule has 180 valence electrons. The van der Waals surface area contributed by atoms with Gasteiger partial charge >= 0.3 is 0 Å². The van der Waals surface area contributed by atoms with E-state index in [1.54, 1.807) is 0 Å². The normalized spacial score (nSPS) is 14.4. The number of aryl methyl sites for hydroxylation is 3. The first-order valence-electron chi connectivity index (χ1n) is 12.5. The van der Waals surface area contributed by atoms with Gasteiger partial charge in [0.2, 0.25) is 5.91 Å². The average molecular weight is 460 g/mol. The molecule has 1 amide bonds. The lowest BCUT2D eigenvalue weighted by Crippen LogP contribution is -2.43. The van der Waals surface area contributed by atoms with E-state index in [1.165, 1.54) is 22.5 Å². The van der Waals surface area contributed by atoms with Crippen molar-refractivity contribution in [2.45, 2.75) is 58.4 Å². The highest BCUT2D eigenvalue weighted by Gasteiger charge is 2.19. The summed E-state index contributed by atoms with van der Waals surface area (Å²) in [6, 6.07) is 19.1. The Morgan fingerprint density at radius 3 is 2.59 bits per heavy atom. The SMILES string of the molecule is Cc1n[nH]c(C)c1CCNC1CCN(c2cccc(NC(=O)CCCc3ccccc3)c2)CC1. The van der Waals surface area contributed by atoms with Gasteiger partial charge in [0, 0.05) is 42.6 Å². The Bertz CT molecular complexity index is 1030. The predicted molar refractivity (Wildman–Crippen MR) is 139 cm³/mol. The Morgan fingerprint density at radius 1 is 1.06 bits per heavy atom. The van der Waals surface area contributed by atoms with Crippen molar-refractivity contribution in [3.05, 3.63) is 77.1 Å². The van der Waals surface area contributed by atoms with E-state index < -0.39 is 0 Å². The van der Waals surface area contributed by atoms with Gasteiger partial charge in [0.1, 0.15) is 0 Å². The van der Waals surface area contributed by atoms with Crippen LogP contribution < -0.4 is 15.5 Å². The van der Waals surface area contributed by atoms with Gasteiger partial charge in [0.05, 0.1) is 5.69 Å². The fourth-order valence-electron chi connectivity index (χ4n) is 4.79. The van der Waals surface area contributed by atoms with Crippen LogP contribution in [0, 0.1) is 13.8 Å². The maximum Gasteiger partial charge on any atom is 0.224 e. The summed E-state index contributed by atoms with van der Waals surface area (Å²) in [5, 5.41) is 14.2. The highest BCUT2D eigenvalue weighted by Crippen LogP contribution is 2.23. The molecule has 3 aromatic rings. The van der Waals surface area contributed by atoms with E-state index in [0.717, 1.165) is 63.1 Å². The molecule has 1 fully saturated rings. The van der Waals surface area contributed by atoms with Gasteiger partial charge in [-0.25, -0.2) is 0 Å². The van der Waals surface area contributed by atoms with Gasteiger partial charge in [0.15, 0.2) is 0 Å². The fourth-order valence-corrected chi connectivity index (χ4v) is 4.79. The maximum atomic E-state index is 12.4. The summed E-state index contributed by atoms with van der Waals surface area (Å²) in [6.07, 6.45) is 5.59. The number of aromatic nitrogens is 2. The molecule has 2 heterocycles. The predicted octanol–water partition coefficient (Wildman–Crippen LogP) is 4.79. The number of hydrogen-bond acceptors (Lipinski definition) is 4. The lowest BCUT2D eigenvalue weighted by atomic mass is 10.0. The van der Waals surface area contributed by atoms with Crippen LogP contribution >= 0.6 is 0 Å². The van der Waals surface area contributed by atoms with Gasteiger partial charge in [-0.05, 0) is 81.8 Å². The van der Waals surface area contributed by atoms with Crippen LogP contribution in [0.25, 0.3) is 0 Å². The summed E-state index contributed by atoms with van der Waals surface area (Å²) < 4.78 is 0. The number of anilines is 2. The molecule has 0 atom stereocenters. The molecule has 0 spiro atoms. The summed E-state index contributed by atoms with van der Waals surface area (Å²) in [7, 11) is 0. The van der Waals surface area contributed by atoms with Crippen molar-refractivity contribution < 1.29 is 4.79 Å². The van der Waals surface area contributed by atoms with Crippen LogP contribution in [0.4, 0.5) is 11.4 Å². The van der Waals surface area contributed by atoms with Crippen molar-refractivity contribution >= 4 is 17.3 Å². The zero-order chi connectivity index (χ0) is 23.8.